The highest BCUT2D eigenvalue weighted by molar-refractivity contribution is 7.89. The Balaban J connectivity index is 2.18. The Kier molecular flexibility index (Phi) is 7.05. The van der Waals surface area contributed by atoms with Crippen LogP contribution >= 0.6 is 11.6 Å². The van der Waals surface area contributed by atoms with Crippen molar-refractivity contribution in [3.63, 3.8) is 0 Å². The van der Waals surface area contributed by atoms with Crippen LogP contribution in [0.4, 0.5) is 0 Å². The predicted octanol–water partition coefficient (Wildman–Crippen LogP) is 5.01. The molecule has 0 spiro atoms. The summed E-state index contributed by atoms with van der Waals surface area (Å²) in [6.45, 7) is 6.57. The molecule has 3 nitrogen and oxygen atoms in total. The zero-order valence-corrected chi connectivity index (χ0v) is 16.6. The first kappa shape index (κ1) is 20.0. The van der Waals surface area contributed by atoms with E-state index in [0.717, 1.165) is 12.8 Å². The fourth-order valence-electron chi connectivity index (χ4n) is 2.70. The highest BCUT2D eigenvalue weighted by atomic mass is 35.5. The van der Waals surface area contributed by atoms with Crippen molar-refractivity contribution in [2.24, 2.45) is 5.92 Å². The Bertz CT molecular complexity index is 758. The van der Waals surface area contributed by atoms with Crippen LogP contribution in [0.15, 0.2) is 59.5 Å². The summed E-state index contributed by atoms with van der Waals surface area (Å²) in [4.78, 5) is 0.295. The number of sulfonamides is 1. The van der Waals surface area contributed by atoms with E-state index in [4.69, 9.17) is 11.6 Å². The molecule has 0 aliphatic rings. The van der Waals surface area contributed by atoms with Gasteiger partial charge in [-0.3, -0.25) is 0 Å². The number of benzene rings is 2. The second kappa shape index (κ2) is 8.84. The van der Waals surface area contributed by atoms with Crippen LogP contribution in [-0.4, -0.2) is 25.3 Å². The first-order chi connectivity index (χ1) is 11.8. The molecule has 1 unspecified atom stereocenters. The lowest BCUT2D eigenvalue weighted by Crippen LogP contribution is -2.42. The summed E-state index contributed by atoms with van der Waals surface area (Å²) in [6, 6.07) is 16.5. The molecule has 0 aliphatic heterocycles. The molecule has 0 saturated heterocycles. The summed E-state index contributed by atoms with van der Waals surface area (Å²) in [5.74, 6) is 0.235. The lowest BCUT2D eigenvalue weighted by molar-refractivity contribution is 0.273. The first-order valence-corrected chi connectivity index (χ1v) is 10.5. The van der Waals surface area contributed by atoms with Crippen LogP contribution in [0.5, 0.6) is 0 Å². The lowest BCUT2D eigenvalue weighted by Gasteiger charge is -2.31. The van der Waals surface area contributed by atoms with Crippen molar-refractivity contribution in [1.82, 2.24) is 4.31 Å². The van der Waals surface area contributed by atoms with Crippen LogP contribution < -0.4 is 0 Å². The molecule has 2 rings (SSSR count). The standard InChI is InChI=1S/C20H26ClNO2S/c1-16(2)17(3)22(15-7-10-18-8-5-4-6-9-18)25(23,24)20-13-11-19(21)12-14-20/h4-6,8-9,11-14,16-17H,7,10,15H2,1-3H3. The van der Waals surface area contributed by atoms with Crippen molar-refractivity contribution in [2.45, 2.75) is 44.6 Å². The number of rotatable bonds is 8. The van der Waals surface area contributed by atoms with Crippen LogP contribution in [0.3, 0.4) is 0 Å². The summed E-state index contributed by atoms with van der Waals surface area (Å²) in [5, 5.41) is 0.534. The molecular weight excluding hydrogens is 354 g/mol. The van der Waals surface area contributed by atoms with Gasteiger partial charge in [0.25, 0.3) is 0 Å². The van der Waals surface area contributed by atoms with Gasteiger partial charge in [0.1, 0.15) is 0 Å². The Labute approximate surface area is 156 Å². The molecule has 1 atom stereocenters. The maximum absolute atomic E-state index is 13.1. The number of hydrogen-bond donors (Lipinski definition) is 0. The Morgan fingerprint density at radius 1 is 0.960 bits per heavy atom. The molecule has 25 heavy (non-hydrogen) atoms. The van der Waals surface area contributed by atoms with E-state index < -0.39 is 10.0 Å². The second-order valence-electron chi connectivity index (χ2n) is 6.64. The van der Waals surface area contributed by atoms with Crippen molar-refractivity contribution in [2.75, 3.05) is 6.54 Å². The van der Waals surface area contributed by atoms with Crippen molar-refractivity contribution >= 4 is 21.6 Å². The largest absolute Gasteiger partial charge is 0.243 e. The van der Waals surface area contributed by atoms with Gasteiger partial charge in [0.15, 0.2) is 0 Å². The van der Waals surface area contributed by atoms with Crippen LogP contribution in [0.1, 0.15) is 32.8 Å². The van der Waals surface area contributed by atoms with Gasteiger partial charge in [-0.15, -0.1) is 0 Å². The van der Waals surface area contributed by atoms with E-state index in [-0.39, 0.29) is 12.0 Å². The average molecular weight is 380 g/mol. The van der Waals surface area contributed by atoms with Crippen molar-refractivity contribution in [3.05, 3.63) is 65.2 Å². The highest BCUT2D eigenvalue weighted by Crippen LogP contribution is 2.24. The molecule has 5 heteroatoms. The molecule has 0 N–H and O–H groups in total. The molecule has 0 aromatic heterocycles. The number of halogens is 1. The molecule has 0 fully saturated rings. The first-order valence-electron chi connectivity index (χ1n) is 8.63. The molecule has 0 bridgehead atoms. The fraction of sp³-hybridized carbons (Fsp3) is 0.400. The summed E-state index contributed by atoms with van der Waals surface area (Å²) in [6.07, 6.45) is 1.65. The van der Waals surface area contributed by atoms with Crippen molar-refractivity contribution in [1.29, 1.82) is 0 Å². The highest BCUT2D eigenvalue weighted by Gasteiger charge is 2.30. The van der Waals surface area contributed by atoms with Crippen molar-refractivity contribution < 1.29 is 8.42 Å². The summed E-state index contributed by atoms with van der Waals surface area (Å²) >= 11 is 5.90. The number of aryl methyl sites for hydroxylation is 1. The van der Waals surface area contributed by atoms with Gasteiger partial charge in [-0.05, 0) is 55.5 Å². The lowest BCUT2D eigenvalue weighted by atomic mass is 10.1. The van der Waals surface area contributed by atoms with Gasteiger partial charge in [-0.1, -0.05) is 55.8 Å². The smallest absolute Gasteiger partial charge is 0.207 e. The molecule has 0 heterocycles. The van der Waals surface area contributed by atoms with E-state index in [1.165, 1.54) is 5.56 Å². The maximum Gasteiger partial charge on any atom is 0.243 e. The molecule has 0 saturated carbocycles. The SMILES string of the molecule is CC(C)C(C)N(CCCc1ccccc1)S(=O)(=O)c1ccc(Cl)cc1. The van der Waals surface area contributed by atoms with E-state index in [1.54, 1.807) is 28.6 Å². The third-order valence-electron chi connectivity index (χ3n) is 4.53. The molecule has 136 valence electrons. The number of nitrogens with zero attached hydrogens (tertiary/aromatic N) is 1. The molecule has 0 radical (unpaired) electrons. The third-order valence-corrected chi connectivity index (χ3v) is 6.78. The predicted molar refractivity (Wildman–Crippen MR) is 104 cm³/mol. The zero-order valence-electron chi connectivity index (χ0n) is 15.0. The van der Waals surface area contributed by atoms with Crippen molar-refractivity contribution in [3.8, 4) is 0 Å². The van der Waals surface area contributed by atoms with Crippen LogP contribution in [0.2, 0.25) is 5.02 Å². The van der Waals surface area contributed by atoms with Gasteiger partial charge >= 0.3 is 0 Å². The van der Waals surface area contributed by atoms with Crippen LogP contribution in [0.25, 0.3) is 0 Å². The van der Waals surface area contributed by atoms with E-state index in [2.05, 4.69) is 12.1 Å². The molecule has 0 amide bonds. The van der Waals surface area contributed by atoms with Gasteiger partial charge in [0, 0.05) is 17.6 Å². The van der Waals surface area contributed by atoms with Crippen LogP contribution in [-0.2, 0) is 16.4 Å². The third kappa shape index (κ3) is 5.30. The quantitative estimate of drug-likeness (QED) is 0.646. The topological polar surface area (TPSA) is 37.4 Å². The average Bonchev–Trinajstić information content (AvgIpc) is 2.59. The normalized spacial score (nSPS) is 13.4. The number of hydrogen-bond acceptors (Lipinski definition) is 2. The van der Waals surface area contributed by atoms with Gasteiger partial charge in [0.05, 0.1) is 4.90 Å². The summed E-state index contributed by atoms with van der Waals surface area (Å²) in [7, 11) is -3.54. The van der Waals surface area contributed by atoms with Crippen LogP contribution in [0, 0.1) is 5.92 Å². The minimum absolute atomic E-state index is 0.0727. The Hall–Kier alpha value is -1.36. The van der Waals surface area contributed by atoms with Gasteiger partial charge in [-0.25, -0.2) is 8.42 Å². The van der Waals surface area contributed by atoms with E-state index in [9.17, 15) is 8.42 Å². The monoisotopic (exact) mass is 379 g/mol. The van der Waals surface area contributed by atoms with Gasteiger partial charge in [0.2, 0.25) is 10.0 Å². The minimum atomic E-state index is -3.54. The van der Waals surface area contributed by atoms with E-state index >= 15 is 0 Å². The molecule has 2 aromatic rings. The van der Waals surface area contributed by atoms with E-state index in [0.29, 0.717) is 16.5 Å². The second-order valence-corrected chi connectivity index (χ2v) is 8.97. The summed E-state index contributed by atoms with van der Waals surface area (Å²) in [5.41, 5.74) is 1.23. The Morgan fingerprint density at radius 2 is 1.56 bits per heavy atom. The molecular formula is C20H26ClNO2S. The molecule has 2 aromatic carbocycles. The van der Waals surface area contributed by atoms with E-state index in [1.807, 2.05) is 39.0 Å². The maximum atomic E-state index is 13.1. The van der Waals surface area contributed by atoms with Gasteiger partial charge < -0.3 is 0 Å². The summed E-state index contributed by atoms with van der Waals surface area (Å²) < 4.78 is 27.9. The van der Waals surface area contributed by atoms with Gasteiger partial charge in [-0.2, -0.15) is 4.31 Å². The Morgan fingerprint density at radius 3 is 2.12 bits per heavy atom. The zero-order chi connectivity index (χ0) is 18.4. The molecule has 0 aliphatic carbocycles. The minimum Gasteiger partial charge on any atom is -0.207 e. The fourth-order valence-corrected chi connectivity index (χ4v) is 4.63.